The van der Waals surface area contributed by atoms with Gasteiger partial charge in [0.15, 0.2) is 0 Å². The molecule has 0 saturated heterocycles. The van der Waals surface area contributed by atoms with Crippen molar-refractivity contribution in [2.45, 2.75) is 12.7 Å². The number of anilines is 2. The summed E-state index contributed by atoms with van der Waals surface area (Å²) in [5, 5.41) is 3.62. The van der Waals surface area contributed by atoms with Gasteiger partial charge in [0.2, 0.25) is 10.0 Å². The summed E-state index contributed by atoms with van der Waals surface area (Å²) in [6.45, 7) is 1.69. The van der Waals surface area contributed by atoms with Crippen LogP contribution in [0.15, 0.2) is 28.9 Å². The molecule has 18 heavy (non-hydrogen) atoms. The van der Waals surface area contributed by atoms with E-state index in [1.165, 1.54) is 12.3 Å². The van der Waals surface area contributed by atoms with Crippen LogP contribution in [0.3, 0.4) is 0 Å². The van der Waals surface area contributed by atoms with Gasteiger partial charge in [-0.2, -0.15) is 0 Å². The Morgan fingerprint density at radius 2 is 2.22 bits per heavy atom. The molecule has 3 N–H and O–H groups in total. The van der Waals surface area contributed by atoms with Gasteiger partial charge in [0.05, 0.1) is 11.9 Å². The average Bonchev–Trinajstić information content (AvgIpc) is 2.66. The predicted molar refractivity (Wildman–Crippen MR) is 66.1 cm³/mol. The van der Waals surface area contributed by atoms with Crippen LogP contribution in [0, 0.1) is 6.92 Å². The standard InChI is InChI=1S/C10H12N4O3S/c1-7-4-9(13-17-7)6-18(15,16)14-10-3-2-8(11)5-12-10/h2-5H,6,11H2,1H3,(H,12,14). The maximum absolute atomic E-state index is 11.8. The van der Waals surface area contributed by atoms with Crippen LogP contribution in [0.2, 0.25) is 0 Å². The van der Waals surface area contributed by atoms with E-state index in [2.05, 4.69) is 14.9 Å². The van der Waals surface area contributed by atoms with E-state index < -0.39 is 10.0 Å². The predicted octanol–water partition coefficient (Wildman–Crippen LogP) is 0.902. The number of hydrogen-bond donors (Lipinski definition) is 2. The zero-order valence-electron chi connectivity index (χ0n) is 9.62. The lowest BCUT2D eigenvalue weighted by Gasteiger charge is -2.05. The van der Waals surface area contributed by atoms with Crippen LogP contribution in [0.5, 0.6) is 0 Å². The highest BCUT2D eigenvalue weighted by Gasteiger charge is 2.15. The lowest BCUT2D eigenvalue weighted by molar-refractivity contribution is 0.392. The van der Waals surface area contributed by atoms with Crippen molar-refractivity contribution in [3.8, 4) is 0 Å². The fraction of sp³-hybridized carbons (Fsp3) is 0.200. The van der Waals surface area contributed by atoms with Crippen molar-refractivity contribution in [2.24, 2.45) is 0 Å². The van der Waals surface area contributed by atoms with Crippen molar-refractivity contribution in [2.75, 3.05) is 10.5 Å². The van der Waals surface area contributed by atoms with Gasteiger partial charge in [0, 0.05) is 6.07 Å². The Bertz CT molecular complexity index is 633. The number of sulfonamides is 1. The Balaban J connectivity index is 2.10. The Morgan fingerprint density at radius 1 is 1.44 bits per heavy atom. The summed E-state index contributed by atoms with van der Waals surface area (Å²) in [4.78, 5) is 3.85. The van der Waals surface area contributed by atoms with Crippen LogP contribution < -0.4 is 10.5 Å². The summed E-state index contributed by atoms with van der Waals surface area (Å²) in [7, 11) is -3.56. The van der Waals surface area contributed by atoms with Crippen molar-refractivity contribution in [3.05, 3.63) is 35.9 Å². The van der Waals surface area contributed by atoms with Gasteiger partial charge in [-0.05, 0) is 19.1 Å². The summed E-state index contributed by atoms with van der Waals surface area (Å²) in [6.07, 6.45) is 1.37. The van der Waals surface area contributed by atoms with Crippen molar-refractivity contribution in [3.63, 3.8) is 0 Å². The van der Waals surface area contributed by atoms with Gasteiger partial charge in [0.1, 0.15) is 23.0 Å². The molecule has 7 nitrogen and oxygen atoms in total. The van der Waals surface area contributed by atoms with E-state index in [9.17, 15) is 8.42 Å². The van der Waals surface area contributed by atoms with Crippen LogP contribution in [-0.4, -0.2) is 18.6 Å². The van der Waals surface area contributed by atoms with Crippen LogP contribution in [0.4, 0.5) is 11.5 Å². The molecule has 0 fully saturated rings. The van der Waals surface area contributed by atoms with Gasteiger partial charge in [-0.3, -0.25) is 4.72 Å². The Morgan fingerprint density at radius 3 is 2.78 bits per heavy atom. The molecule has 2 rings (SSSR count). The monoisotopic (exact) mass is 268 g/mol. The van der Waals surface area contributed by atoms with Crippen molar-refractivity contribution >= 4 is 21.5 Å². The number of aryl methyl sites for hydroxylation is 1. The molecular weight excluding hydrogens is 256 g/mol. The topological polar surface area (TPSA) is 111 Å². The first-order valence-electron chi connectivity index (χ1n) is 5.09. The highest BCUT2D eigenvalue weighted by Crippen LogP contribution is 2.11. The number of nitrogens with zero attached hydrogens (tertiary/aromatic N) is 2. The van der Waals surface area contributed by atoms with Crippen LogP contribution in [0.1, 0.15) is 11.5 Å². The van der Waals surface area contributed by atoms with Gasteiger partial charge in [-0.1, -0.05) is 5.16 Å². The van der Waals surface area contributed by atoms with E-state index in [1.54, 1.807) is 19.1 Å². The molecule has 0 amide bonds. The highest BCUT2D eigenvalue weighted by molar-refractivity contribution is 7.91. The smallest absolute Gasteiger partial charge is 0.239 e. The third kappa shape index (κ3) is 3.20. The molecule has 0 radical (unpaired) electrons. The second-order valence-corrected chi connectivity index (χ2v) is 5.49. The summed E-state index contributed by atoms with van der Waals surface area (Å²) >= 11 is 0. The number of rotatable bonds is 4. The molecular formula is C10H12N4O3S. The van der Waals surface area contributed by atoms with Crippen LogP contribution in [0.25, 0.3) is 0 Å². The quantitative estimate of drug-likeness (QED) is 0.852. The molecule has 0 saturated carbocycles. The second kappa shape index (κ2) is 4.65. The average molecular weight is 268 g/mol. The lowest BCUT2D eigenvalue weighted by atomic mass is 10.4. The summed E-state index contributed by atoms with van der Waals surface area (Å²) in [5.74, 6) is 0.506. The minimum atomic E-state index is -3.56. The largest absolute Gasteiger partial charge is 0.397 e. The van der Waals surface area contributed by atoms with E-state index in [1.807, 2.05) is 0 Å². The molecule has 0 unspecified atom stereocenters. The first-order chi connectivity index (χ1) is 8.44. The maximum atomic E-state index is 11.8. The van der Waals surface area contributed by atoms with E-state index >= 15 is 0 Å². The molecule has 0 aromatic carbocycles. The third-order valence-corrected chi connectivity index (χ3v) is 3.26. The normalized spacial score (nSPS) is 11.4. The SMILES string of the molecule is Cc1cc(CS(=O)(=O)Nc2ccc(N)cn2)no1. The minimum absolute atomic E-state index is 0.212. The van der Waals surface area contributed by atoms with Gasteiger partial charge in [-0.15, -0.1) is 0 Å². The number of aromatic nitrogens is 2. The van der Waals surface area contributed by atoms with Crippen LogP contribution >= 0.6 is 0 Å². The van der Waals surface area contributed by atoms with Gasteiger partial charge in [0.25, 0.3) is 0 Å². The first kappa shape index (κ1) is 12.4. The molecule has 8 heteroatoms. The zero-order valence-corrected chi connectivity index (χ0v) is 10.4. The molecule has 0 aliphatic rings. The summed E-state index contributed by atoms with van der Waals surface area (Å²) < 4.78 is 30.7. The molecule has 0 aliphatic heterocycles. The molecule has 2 aromatic heterocycles. The number of nitrogen functional groups attached to an aromatic ring is 1. The number of nitrogens with one attached hydrogen (secondary N) is 1. The van der Waals surface area contributed by atoms with Gasteiger partial charge < -0.3 is 10.3 Å². The molecule has 2 heterocycles. The molecule has 96 valence electrons. The molecule has 0 atom stereocenters. The Kier molecular flexibility index (Phi) is 3.19. The Hall–Kier alpha value is -2.09. The lowest BCUT2D eigenvalue weighted by Crippen LogP contribution is -2.16. The van der Waals surface area contributed by atoms with Crippen molar-refractivity contribution < 1.29 is 12.9 Å². The van der Waals surface area contributed by atoms with Gasteiger partial charge in [-0.25, -0.2) is 13.4 Å². The van der Waals surface area contributed by atoms with Crippen molar-refractivity contribution in [1.29, 1.82) is 0 Å². The molecule has 0 aliphatic carbocycles. The molecule has 0 spiro atoms. The molecule has 0 bridgehead atoms. The zero-order chi connectivity index (χ0) is 13.2. The summed E-state index contributed by atoms with van der Waals surface area (Å²) in [5.41, 5.74) is 6.26. The van der Waals surface area contributed by atoms with Crippen molar-refractivity contribution in [1.82, 2.24) is 10.1 Å². The second-order valence-electron chi connectivity index (χ2n) is 3.77. The number of hydrogen-bond acceptors (Lipinski definition) is 6. The number of nitrogens with two attached hydrogens (primary N) is 1. The summed E-state index contributed by atoms with van der Waals surface area (Å²) in [6, 6.07) is 4.61. The fourth-order valence-corrected chi connectivity index (χ4v) is 2.38. The Labute approximate surface area is 104 Å². The minimum Gasteiger partial charge on any atom is -0.397 e. The van der Waals surface area contributed by atoms with E-state index in [4.69, 9.17) is 10.3 Å². The van der Waals surface area contributed by atoms with E-state index in [0.717, 1.165) is 0 Å². The third-order valence-electron chi connectivity index (χ3n) is 2.06. The molecule has 2 aromatic rings. The number of pyridine rings is 1. The van der Waals surface area contributed by atoms with Crippen LogP contribution in [-0.2, 0) is 15.8 Å². The maximum Gasteiger partial charge on any atom is 0.239 e. The van der Waals surface area contributed by atoms with E-state index in [0.29, 0.717) is 17.1 Å². The first-order valence-corrected chi connectivity index (χ1v) is 6.74. The highest BCUT2D eigenvalue weighted by atomic mass is 32.2. The van der Waals surface area contributed by atoms with E-state index in [-0.39, 0.29) is 11.6 Å². The van der Waals surface area contributed by atoms with Gasteiger partial charge >= 0.3 is 0 Å². The fourth-order valence-electron chi connectivity index (χ4n) is 1.34.